The molecule has 136 valence electrons. The number of benzene rings is 1. The smallest absolute Gasteiger partial charge is 0.251 e. The molecule has 0 spiro atoms. The Balaban J connectivity index is 1.53. The van der Waals surface area contributed by atoms with E-state index < -0.39 is 0 Å². The van der Waals surface area contributed by atoms with Gasteiger partial charge in [0.15, 0.2) is 0 Å². The second kappa shape index (κ2) is 8.23. The zero-order chi connectivity index (χ0) is 17.8. The van der Waals surface area contributed by atoms with Gasteiger partial charge in [-0.3, -0.25) is 9.59 Å². The van der Waals surface area contributed by atoms with E-state index in [4.69, 9.17) is 0 Å². The molecule has 0 aliphatic carbocycles. The maximum atomic E-state index is 12.4. The average Bonchev–Trinajstić information content (AvgIpc) is 2.61. The molecule has 0 radical (unpaired) electrons. The summed E-state index contributed by atoms with van der Waals surface area (Å²) in [4.78, 5) is 27.7. The van der Waals surface area contributed by atoms with Crippen molar-refractivity contribution in [2.75, 3.05) is 31.5 Å². The van der Waals surface area contributed by atoms with Crippen LogP contribution in [-0.4, -0.2) is 48.1 Å². The number of amides is 2. The Labute approximate surface area is 153 Å². The minimum Gasteiger partial charge on any atom is -0.352 e. The quantitative estimate of drug-likeness (QED) is 0.846. The van der Waals surface area contributed by atoms with Crippen molar-refractivity contribution in [3.8, 4) is 0 Å². The van der Waals surface area contributed by atoms with Gasteiger partial charge in [0.1, 0.15) is 0 Å². The second-order valence-corrected chi connectivity index (χ2v) is 8.52. The van der Waals surface area contributed by atoms with Gasteiger partial charge in [0, 0.05) is 23.5 Å². The molecule has 0 aromatic heterocycles. The number of rotatable bonds is 5. The van der Waals surface area contributed by atoms with Gasteiger partial charge in [-0.25, -0.2) is 0 Å². The highest BCUT2D eigenvalue weighted by Crippen LogP contribution is 2.35. The molecule has 2 aliphatic heterocycles. The fourth-order valence-electron chi connectivity index (χ4n) is 3.37. The molecule has 0 saturated carbocycles. The van der Waals surface area contributed by atoms with Crippen LogP contribution in [0.15, 0.2) is 23.1 Å². The number of nitrogens with one attached hydrogen (secondary N) is 2. The molecule has 1 aromatic carbocycles. The van der Waals surface area contributed by atoms with Gasteiger partial charge in [0.25, 0.3) is 5.91 Å². The zero-order valence-corrected chi connectivity index (χ0v) is 15.8. The topological polar surface area (TPSA) is 61.4 Å². The first-order valence-electron chi connectivity index (χ1n) is 9.15. The standard InChI is InChI=1S/C19H27N3O2S/c1-13(12-22-8-4-3-5-9-22)11-20-19(24)15-6-7-17-16(10-15)21-18(23)14(2)25-17/h6-7,10,13-14H,3-5,8-9,11-12H2,1-2H3,(H,20,24)(H,21,23)/t13-,14-/m0/s1. The molecule has 2 aliphatic rings. The number of likely N-dealkylation sites (tertiary alicyclic amines) is 1. The Bertz CT molecular complexity index is 644. The third-order valence-corrected chi connectivity index (χ3v) is 5.98. The fourth-order valence-corrected chi connectivity index (χ4v) is 4.30. The predicted octanol–water partition coefficient (Wildman–Crippen LogP) is 2.97. The molecule has 25 heavy (non-hydrogen) atoms. The summed E-state index contributed by atoms with van der Waals surface area (Å²) in [6.07, 6.45) is 3.92. The number of piperidine rings is 1. The summed E-state index contributed by atoms with van der Waals surface area (Å²) in [5.41, 5.74) is 1.33. The van der Waals surface area contributed by atoms with Crippen LogP contribution in [0.4, 0.5) is 5.69 Å². The van der Waals surface area contributed by atoms with Gasteiger partial charge in [-0.2, -0.15) is 0 Å². The van der Waals surface area contributed by atoms with Crippen LogP contribution in [0.2, 0.25) is 0 Å². The first-order valence-corrected chi connectivity index (χ1v) is 10.0. The first kappa shape index (κ1) is 18.3. The van der Waals surface area contributed by atoms with Gasteiger partial charge in [-0.05, 0) is 57.0 Å². The number of nitrogens with zero attached hydrogens (tertiary/aromatic N) is 1. The molecule has 2 atom stereocenters. The van der Waals surface area contributed by atoms with Crippen molar-refractivity contribution in [1.82, 2.24) is 10.2 Å². The summed E-state index contributed by atoms with van der Waals surface area (Å²) >= 11 is 1.53. The van der Waals surface area contributed by atoms with Gasteiger partial charge < -0.3 is 15.5 Å². The van der Waals surface area contributed by atoms with E-state index in [0.717, 1.165) is 17.1 Å². The molecule has 5 nitrogen and oxygen atoms in total. The van der Waals surface area contributed by atoms with E-state index in [0.29, 0.717) is 18.0 Å². The minimum atomic E-state index is -0.0946. The normalized spacial score (nSPS) is 22.0. The summed E-state index contributed by atoms with van der Waals surface area (Å²) in [5.74, 6) is 0.340. The third kappa shape index (κ3) is 4.76. The molecule has 1 saturated heterocycles. The highest BCUT2D eigenvalue weighted by Gasteiger charge is 2.24. The number of thioether (sulfide) groups is 1. The molecular weight excluding hydrogens is 334 g/mol. The summed E-state index contributed by atoms with van der Waals surface area (Å²) in [6, 6.07) is 5.53. The Kier molecular flexibility index (Phi) is 6.02. The summed E-state index contributed by atoms with van der Waals surface area (Å²) in [6.45, 7) is 8.13. The van der Waals surface area contributed by atoms with Gasteiger partial charge in [0.05, 0.1) is 10.9 Å². The number of hydrogen-bond acceptors (Lipinski definition) is 4. The average molecular weight is 362 g/mol. The molecule has 1 fully saturated rings. The van der Waals surface area contributed by atoms with Gasteiger partial charge in [-0.1, -0.05) is 13.3 Å². The van der Waals surface area contributed by atoms with Crippen molar-refractivity contribution in [3.05, 3.63) is 23.8 Å². The van der Waals surface area contributed by atoms with E-state index in [2.05, 4.69) is 22.5 Å². The fraction of sp³-hybridized carbons (Fsp3) is 0.579. The Hall–Kier alpha value is -1.53. The van der Waals surface area contributed by atoms with Gasteiger partial charge in [-0.15, -0.1) is 11.8 Å². The van der Waals surface area contributed by atoms with E-state index in [-0.39, 0.29) is 17.1 Å². The van der Waals surface area contributed by atoms with Crippen LogP contribution in [0.3, 0.4) is 0 Å². The highest BCUT2D eigenvalue weighted by molar-refractivity contribution is 8.00. The molecule has 3 rings (SSSR count). The molecule has 2 heterocycles. The molecular formula is C19H27N3O2S. The summed E-state index contributed by atoms with van der Waals surface area (Å²) < 4.78 is 0. The Morgan fingerprint density at radius 1 is 1.36 bits per heavy atom. The van der Waals surface area contributed by atoms with Crippen LogP contribution in [0.1, 0.15) is 43.5 Å². The molecule has 1 aromatic rings. The van der Waals surface area contributed by atoms with Crippen LogP contribution >= 0.6 is 11.8 Å². The number of fused-ring (bicyclic) bond motifs is 1. The van der Waals surface area contributed by atoms with Crippen LogP contribution in [-0.2, 0) is 4.79 Å². The highest BCUT2D eigenvalue weighted by atomic mass is 32.2. The van der Waals surface area contributed by atoms with Gasteiger partial charge in [0.2, 0.25) is 5.91 Å². The lowest BCUT2D eigenvalue weighted by Gasteiger charge is -2.29. The molecule has 0 unspecified atom stereocenters. The van der Waals surface area contributed by atoms with Crippen LogP contribution in [0, 0.1) is 5.92 Å². The summed E-state index contributed by atoms with van der Waals surface area (Å²) in [5, 5.41) is 5.81. The zero-order valence-electron chi connectivity index (χ0n) is 15.0. The lowest BCUT2D eigenvalue weighted by atomic mass is 10.1. The van der Waals surface area contributed by atoms with Gasteiger partial charge >= 0.3 is 0 Å². The first-order chi connectivity index (χ1) is 12.0. The van der Waals surface area contributed by atoms with Crippen LogP contribution < -0.4 is 10.6 Å². The molecule has 6 heteroatoms. The lowest BCUT2D eigenvalue weighted by Crippen LogP contribution is -2.38. The molecule has 2 amide bonds. The number of carbonyl (C=O) groups excluding carboxylic acids is 2. The van der Waals surface area contributed by atoms with Crippen molar-refractivity contribution >= 4 is 29.3 Å². The molecule has 2 N–H and O–H groups in total. The van der Waals surface area contributed by atoms with Crippen molar-refractivity contribution in [2.24, 2.45) is 5.92 Å². The van der Waals surface area contributed by atoms with Crippen molar-refractivity contribution in [2.45, 2.75) is 43.3 Å². The second-order valence-electron chi connectivity index (χ2n) is 7.14. The van der Waals surface area contributed by atoms with E-state index >= 15 is 0 Å². The minimum absolute atomic E-state index is 0.00906. The Morgan fingerprint density at radius 3 is 2.88 bits per heavy atom. The predicted molar refractivity (Wildman–Crippen MR) is 102 cm³/mol. The van der Waals surface area contributed by atoms with E-state index in [1.807, 2.05) is 19.1 Å². The molecule has 0 bridgehead atoms. The third-order valence-electron chi connectivity index (χ3n) is 4.80. The number of hydrogen-bond donors (Lipinski definition) is 2. The monoisotopic (exact) mass is 361 g/mol. The van der Waals surface area contributed by atoms with E-state index in [9.17, 15) is 9.59 Å². The van der Waals surface area contributed by atoms with Crippen LogP contribution in [0.5, 0.6) is 0 Å². The van der Waals surface area contributed by atoms with Crippen molar-refractivity contribution < 1.29 is 9.59 Å². The van der Waals surface area contributed by atoms with E-state index in [1.165, 1.54) is 44.1 Å². The van der Waals surface area contributed by atoms with Crippen molar-refractivity contribution in [3.63, 3.8) is 0 Å². The maximum Gasteiger partial charge on any atom is 0.251 e. The largest absolute Gasteiger partial charge is 0.352 e. The maximum absolute atomic E-state index is 12.4. The summed E-state index contributed by atoms with van der Waals surface area (Å²) in [7, 11) is 0. The number of anilines is 1. The van der Waals surface area contributed by atoms with Crippen LogP contribution in [0.25, 0.3) is 0 Å². The van der Waals surface area contributed by atoms with E-state index in [1.54, 1.807) is 6.07 Å². The number of carbonyl (C=O) groups is 2. The SMILES string of the molecule is C[C@@H](CNC(=O)c1ccc2c(c1)NC(=O)[C@H](C)S2)CN1CCCCC1. The van der Waals surface area contributed by atoms with Crippen molar-refractivity contribution in [1.29, 1.82) is 0 Å². The Morgan fingerprint density at radius 2 is 2.12 bits per heavy atom. The lowest BCUT2D eigenvalue weighted by molar-refractivity contribution is -0.115.